The molecule has 8 heteroatoms. The first kappa shape index (κ1) is 20.4. The normalized spacial score (nSPS) is 13.8. The summed E-state index contributed by atoms with van der Waals surface area (Å²) in [4.78, 5) is 26.9. The molecule has 1 aliphatic rings. The van der Waals surface area contributed by atoms with Crippen LogP contribution in [0, 0.1) is 10.1 Å². The number of piperazine rings is 1. The zero-order valence-corrected chi connectivity index (χ0v) is 16.5. The molecule has 1 heterocycles. The van der Waals surface area contributed by atoms with E-state index in [0.29, 0.717) is 19.4 Å². The van der Waals surface area contributed by atoms with Crippen LogP contribution in [0.1, 0.15) is 12.8 Å². The number of non-ortho nitro benzene ring substituents is 1. The fraction of sp³-hybridized carbons (Fsp3) is 0.381. The lowest BCUT2D eigenvalue weighted by Gasteiger charge is -2.36. The molecule has 0 atom stereocenters. The third-order valence-electron chi connectivity index (χ3n) is 5.04. The monoisotopic (exact) mass is 398 g/mol. The van der Waals surface area contributed by atoms with E-state index in [0.717, 1.165) is 43.3 Å². The first-order valence-electron chi connectivity index (χ1n) is 9.72. The second kappa shape index (κ2) is 9.77. The van der Waals surface area contributed by atoms with Gasteiger partial charge < -0.3 is 19.9 Å². The number of nitro groups is 1. The van der Waals surface area contributed by atoms with Gasteiger partial charge in [0.2, 0.25) is 5.91 Å². The van der Waals surface area contributed by atoms with E-state index in [1.165, 1.54) is 12.1 Å². The second-order valence-corrected chi connectivity index (χ2v) is 6.90. The largest absolute Gasteiger partial charge is 0.497 e. The predicted molar refractivity (Wildman–Crippen MR) is 113 cm³/mol. The number of benzene rings is 2. The van der Waals surface area contributed by atoms with Crippen LogP contribution in [0.2, 0.25) is 0 Å². The third-order valence-corrected chi connectivity index (χ3v) is 5.04. The average Bonchev–Trinajstić information content (AvgIpc) is 2.77. The smallest absolute Gasteiger partial charge is 0.269 e. The summed E-state index contributed by atoms with van der Waals surface area (Å²) in [5.41, 5.74) is 2.03. The highest BCUT2D eigenvalue weighted by atomic mass is 16.6. The first-order valence-corrected chi connectivity index (χ1v) is 9.72. The Morgan fingerprint density at radius 1 is 1.07 bits per heavy atom. The summed E-state index contributed by atoms with van der Waals surface area (Å²) < 4.78 is 5.19. The van der Waals surface area contributed by atoms with Crippen LogP contribution >= 0.6 is 0 Å². The summed E-state index contributed by atoms with van der Waals surface area (Å²) in [6, 6.07) is 14.3. The maximum Gasteiger partial charge on any atom is 0.269 e. The number of carbonyl (C=O) groups is 1. The number of carbonyl (C=O) groups excluding carboxylic acids is 1. The number of nitrogens with one attached hydrogen (secondary N) is 1. The summed E-state index contributed by atoms with van der Waals surface area (Å²) in [6.07, 6.45) is 1.21. The van der Waals surface area contributed by atoms with Crippen LogP contribution in [-0.4, -0.2) is 55.6 Å². The number of rotatable bonds is 8. The second-order valence-electron chi connectivity index (χ2n) is 6.90. The minimum Gasteiger partial charge on any atom is -0.497 e. The van der Waals surface area contributed by atoms with Gasteiger partial charge in [-0.1, -0.05) is 0 Å². The summed E-state index contributed by atoms with van der Waals surface area (Å²) in [6.45, 7) is 3.73. The summed E-state index contributed by atoms with van der Waals surface area (Å²) in [5, 5.41) is 13.9. The molecular weight excluding hydrogens is 372 g/mol. The van der Waals surface area contributed by atoms with Crippen molar-refractivity contribution in [1.29, 1.82) is 0 Å². The topological polar surface area (TPSA) is 88.0 Å². The van der Waals surface area contributed by atoms with Gasteiger partial charge in [0.25, 0.3) is 5.69 Å². The fourth-order valence-electron chi connectivity index (χ4n) is 3.34. The Labute approximate surface area is 170 Å². The first-order chi connectivity index (χ1) is 14.1. The number of hydrogen-bond donors (Lipinski definition) is 1. The van der Waals surface area contributed by atoms with Crippen molar-refractivity contribution in [3.63, 3.8) is 0 Å². The van der Waals surface area contributed by atoms with Crippen LogP contribution in [0.5, 0.6) is 5.75 Å². The van der Waals surface area contributed by atoms with Gasteiger partial charge in [-0.05, 0) is 42.8 Å². The van der Waals surface area contributed by atoms with Crippen molar-refractivity contribution in [1.82, 2.24) is 4.90 Å². The molecule has 1 amide bonds. The Balaban J connectivity index is 1.36. The van der Waals surface area contributed by atoms with E-state index in [2.05, 4.69) is 10.2 Å². The number of nitro benzene ring substituents is 1. The van der Waals surface area contributed by atoms with E-state index >= 15 is 0 Å². The van der Waals surface area contributed by atoms with Crippen molar-refractivity contribution in [2.75, 3.05) is 50.1 Å². The minimum atomic E-state index is -0.420. The van der Waals surface area contributed by atoms with E-state index < -0.39 is 4.92 Å². The molecule has 3 rings (SSSR count). The van der Waals surface area contributed by atoms with Gasteiger partial charge in [0.15, 0.2) is 0 Å². The van der Waals surface area contributed by atoms with Crippen LogP contribution in [0.25, 0.3) is 0 Å². The zero-order valence-electron chi connectivity index (χ0n) is 16.5. The zero-order chi connectivity index (χ0) is 20.6. The highest BCUT2D eigenvalue weighted by Crippen LogP contribution is 2.21. The van der Waals surface area contributed by atoms with Crippen molar-refractivity contribution in [3.8, 4) is 5.75 Å². The lowest BCUT2D eigenvalue weighted by atomic mass is 10.2. The standard InChI is InChI=1S/C21H26N4O4/c1-29-20-10-8-18(9-11-20)23-13-15-24(16-14-23)21(26)3-2-12-22-17-4-6-19(7-5-17)25(27)28/h4-11,22H,2-3,12-16H2,1H3. The molecule has 0 spiro atoms. The van der Waals surface area contributed by atoms with Crippen molar-refractivity contribution in [2.45, 2.75) is 12.8 Å². The van der Waals surface area contributed by atoms with E-state index in [4.69, 9.17) is 4.74 Å². The van der Waals surface area contributed by atoms with Crippen molar-refractivity contribution < 1.29 is 14.5 Å². The third kappa shape index (κ3) is 5.60. The van der Waals surface area contributed by atoms with Gasteiger partial charge in [-0.25, -0.2) is 0 Å². The Bertz CT molecular complexity index is 816. The molecule has 0 aliphatic carbocycles. The van der Waals surface area contributed by atoms with Gasteiger partial charge in [0, 0.05) is 62.7 Å². The van der Waals surface area contributed by atoms with Gasteiger partial charge in [-0.15, -0.1) is 0 Å². The predicted octanol–water partition coefficient (Wildman–Crippen LogP) is 3.14. The molecule has 1 saturated heterocycles. The quantitative estimate of drug-likeness (QED) is 0.418. The van der Waals surface area contributed by atoms with Crippen LogP contribution < -0.4 is 15.0 Å². The maximum absolute atomic E-state index is 12.4. The Hall–Kier alpha value is -3.29. The molecule has 154 valence electrons. The van der Waals surface area contributed by atoms with Gasteiger partial charge in [-0.2, -0.15) is 0 Å². The molecule has 1 fully saturated rings. The van der Waals surface area contributed by atoms with Gasteiger partial charge in [0.05, 0.1) is 12.0 Å². The van der Waals surface area contributed by atoms with Crippen LogP contribution in [0.15, 0.2) is 48.5 Å². The molecule has 0 aromatic heterocycles. The maximum atomic E-state index is 12.4. The molecule has 1 aliphatic heterocycles. The number of nitrogens with zero attached hydrogens (tertiary/aromatic N) is 3. The summed E-state index contributed by atoms with van der Waals surface area (Å²) in [5.74, 6) is 1.01. The number of methoxy groups -OCH3 is 1. The molecule has 29 heavy (non-hydrogen) atoms. The van der Waals surface area contributed by atoms with Crippen LogP contribution in [-0.2, 0) is 4.79 Å². The molecule has 2 aromatic rings. The highest BCUT2D eigenvalue weighted by Gasteiger charge is 2.20. The number of ether oxygens (including phenoxy) is 1. The van der Waals surface area contributed by atoms with Crippen LogP contribution in [0.3, 0.4) is 0 Å². The fourth-order valence-corrected chi connectivity index (χ4v) is 3.34. The molecular formula is C21H26N4O4. The minimum absolute atomic E-state index is 0.0690. The van der Waals surface area contributed by atoms with E-state index in [1.807, 2.05) is 29.2 Å². The van der Waals surface area contributed by atoms with Gasteiger partial charge in [-0.3, -0.25) is 14.9 Å². The van der Waals surface area contributed by atoms with Gasteiger partial charge in [0.1, 0.15) is 5.75 Å². The lowest BCUT2D eigenvalue weighted by Crippen LogP contribution is -2.48. The molecule has 0 saturated carbocycles. The Kier molecular flexibility index (Phi) is 6.89. The molecule has 0 bridgehead atoms. The summed E-state index contributed by atoms with van der Waals surface area (Å²) in [7, 11) is 1.65. The molecule has 0 radical (unpaired) electrons. The van der Waals surface area contributed by atoms with E-state index in [-0.39, 0.29) is 11.6 Å². The Morgan fingerprint density at radius 2 is 1.72 bits per heavy atom. The summed E-state index contributed by atoms with van der Waals surface area (Å²) >= 11 is 0. The SMILES string of the molecule is COc1ccc(N2CCN(C(=O)CCCNc3ccc([N+](=O)[O-])cc3)CC2)cc1. The van der Waals surface area contributed by atoms with Gasteiger partial charge >= 0.3 is 0 Å². The molecule has 1 N–H and O–H groups in total. The lowest BCUT2D eigenvalue weighted by molar-refractivity contribution is -0.384. The van der Waals surface area contributed by atoms with Crippen LogP contribution in [0.4, 0.5) is 17.1 Å². The number of anilines is 2. The van der Waals surface area contributed by atoms with E-state index in [1.54, 1.807) is 19.2 Å². The number of hydrogen-bond acceptors (Lipinski definition) is 6. The molecule has 0 unspecified atom stereocenters. The number of amides is 1. The van der Waals surface area contributed by atoms with Crippen molar-refractivity contribution >= 4 is 23.0 Å². The molecule has 8 nitrogen and oxygen atoms in total. The van der Waals surface area contributed by atoms with Crippen molar-refractivity contribution in [2.24, 2.45) is 0 Å². The molecule has 2 aromatic carbocycles. The average molecular weight is 398 g/mol. The Morgan fingerprint density at radius 3 is 2.31 bits per heavy atom. The van der Waals surface area contributed by atoms with E-state index in [9.17, 15) is 14.9 Å². The van der Waals surface area contributed by atoms with Crippen molar-refractivity contribution in [3.05, 3.63) is 58.6 Å². The highest BCUT2D eigenvalue weighted by molar-refractivity contribution is 5.76.